The Labute approximate surface area is 212 Å². The normalized spacial score (nSPS) is 11.2. The molecule has 7 nitrogen and oxygen atoms in total. The van der Waals surface area contributed by atoms with Gasteiger partial charge in [0.2, 0.25) is 0 Å². The summed E-state index contributed by atoms with van der Waals surface area (Å²) < 4.78 is 18.5. The maximum Gasteiger partial charge on any atom is 0.435 e. The van der Waals surface area contributed by atoms with E-state index in [9.17, 15) is 4.79 Å². The first kappa shape index (κ1) is 24.4. The predicted molar refractivity (Wildman–Crippen MR) is 133 cm³/mol. The quantitative estimate of drug-likeness (QED) is 0.279. The smallest absolute Gasteiger partial charge is 0.435 e. The van der Waals surface area contributed by atoms with Gasteiger partial charge in [0.1, 0.15) is 35.2 Å². The summed E-state index contributed by atoms with van der Waals surface area (Å²) in [4.78, 5) is 12.7. The van der Waals surface area contributed by atoms with Crippen LogP contribution in [0.25, 0.3) is 10.9 Å². The summed E-state index contributed by atoms with van der Waals surface area (Å²) in [6.45, 7) is 5.46. The van der Waals surface area contributed by atoms with Crippen LogP contribution in [-0.2, 0) is 11.3 Å². The van der Waals surface area contributed by atoms with Crippen molar-refractivity contribution in [3.8, 4) is 23.3 Å². The lowest BCUT2D eigenvalue weighted by atomic mass is 10.2. The molecule has 178 valence electrons. The molecule has 0 spiro atoms. The third-order valence-electron chi connectivity index (χ3n) is 4.69. The summed E-state index contributed by atoms with van der Waals surface area (Å²) in [6, 6.07) is 19.0. The van der Waals surface area contributed by atoms with Crippen LogP contribution in [-0.4, -0.2) is 21.5 Å². The number of para-hydroxylation sites is 1. The van der Waals surface area contributed by atoms with Gasteiger partial charge in [0, 0.05) is 21.5 Å². The molecule has 1 aromatic heterocycles. The fourth-order valence-corrected chi connectivity index (χ4v) is 3.78. The lowest BCUT2D eigenvalue weighted by molar-refractivity contribution is 0.0521. The highest BCUT2D eigenvalue weighted by atomic mass is 35.5. The lowest BCUT2D eigenvalue weighted by Crippen LogP contribution is -2.27. The van der Waals surface area contributed by atoms with Gasteiger partial charge in [-0.25, -0.2) is 4.79 Å². The number of ether oxygens (including phenoxy) is 3. The maximum absolute atomic E-state index is 12.7. The number of rotatable bonds is 5. The molecule has 0 saturated carbocycles. The molecule has 0 amide bonds. The Hall–Kier alpha value is -3.73. The Kier molecular flexibility index (Phi) is 6.88. The van der Waals surface area contributed by atoms with Crippen LogP contribution in [0.5, 0.6) is 17.2 Å². The van der Waals surface area contributed by atoms with Gasteiger partial charge in [0.15, 0.2) is 0 Å². The van der Waals surface area contributed by atoms with Gasteiger partial charge in [-0.2, -0.15) is 15.0 Å². The molecule has 0 atom stereocenters. The minimum Gasteiger partial charge on any atom is -0.487 e. The zero-order chi connectivity index (χ0) is 25.2. The zero-order valence-electron chi connectivity index (χ0n) is 19.2. The van der Waals surface area contributed by atoms with Crippen LogP contribution in [0.2, 0.25) is 10.0 Å². The van der Waals surface area contributed by atoms with E-state index in [1.165, 1.54) is 4.68 Å². The van der Waals surface area contributed by atoms with Crippen LogP contribution in [0, 0.1) is 11.3 Å². The largest absolute Gasteiger partial charge is 0.487 e. The molecule has 4 aromatic rings. The molecule has 0 fully saturated rings. The van der Waals surface area contributed by atoms with Gasteiger partial charge in [0.25, 0.3) is 0 Å². The maximum atomic E-state index is 12.7. The average Bonchev–Trinajstić information content (AvgIpc) is 3.15. The number of fused-ring (bicyclic) bond motifs is 1. The van der Waals surface area contributed by atoms with Gasteiger partial charge in [0.05, 0.1) is 17.1 Å². The fourth-order valence-electron chi connectivity index (χ4n) is 3.34. The molecule has 0 aliphatic rings. The Morgan fingerprint density at radius 2 is 1.66 bits per heavy atom. The molecular weight excluding hydrogens is 489 g/mol. The first-order chi connectivity index (χ1) is 16.6. The van der Waals surface area contributed by atoms with E-state index >= 15 is 0 Å². The Morgan fingerprint density at radius 3 is 2.37 bits per heavy atom. The standard InChI is InChI=1S/C26H21Cl2N3O4/c1-26(2,3)35-25(32)31-24-7-5-4-6-22(24)23(30-31)15-33-19-10-18(28)12-21(13-19)34-20-9-16(14-29)8-17(27)11-20/h4-13H,15H2,1-3H3. The number of carbonyl (C=O) groups is 1. The average molecular weight is 510 g/mol. The molecule has 0 radical (unpaired) electrons. The Bertz CT molecular complexity index is 1450. The SMILES string of the molecule is CC(C)(C)OC(=O)n1nc(COc2cc(Cl)cc(Oc3cc(Cl)cc(C#N)c3)c2)c2ccccc21. The number of hydrogen-bond acceptors (Lipinski definition) is 6. The van der Waals surface area contributed by atoms with E-state index < -0.39 is 11.7 Å². The molecule has 0 bridgehead atoms. The van der Waals surface area contributed by atoms with Gasteiger partial charge in [-0.15, -0.1) is 0 Å². The molecule has 0 aliphatic heterocycles. The summed E-state index contributed by atoms with van der Waals surface area (Å²) in [5, 5.41) is 15.1. The van der Waals surface area contributed by atoms with Crippen molar-refractivity contribution >= 4 is 40.2 Å². The molecule has 0 N–H and O–H groups in total. The van der Waals surface area contributed by atoms with Crippen LogP contribution < -0.4 is 9.47 Å². The van der Waals surface area contributed by atoms with Crippen molar-refractivity contribution in [3.63, 3.8) is 0 Å². The highest BCUT2D eigenvalue weighted by Crippen LogP contribution is 2.32. The van der Waals surface area contributed by atoms with Crippen LogP contribution in [0.4, 0.5) is 4.79 Å². The van der Waals surface area contributed by atoms with Crippen LogP contribution in [0.15, 0.2) is 60.7 Å². The van der Waals surface area contributed by atoms with Crippen LogP contribution >= 0.6 is 23.2 Å². The number of benzene rings is 3. The van der Waals surface area contributed by atoms with E-state index in [1.54, 1.807) is 63.2 Å². The predicted octanol–water partition coefficient (Wildman–Crippen LogP) is 7.37. The number of nitrogens with zero attached hydrogens (tertiary/aromatic N) is 3. The molecule has 9 heteroatoms. The van der Waals surface area contributed by atoms with E-state index in [0.717, 1.165) is 5.39 Å². The van der Waals surface area contributed by atoms with E-state index in [-0.39, 0.29) is 6.61 Å². The van der Waals surface area contributed by atoms with E-state index in [4.69, 9.17) is 42.7 Å². The Morgan fingerprint density at radius 1 is 1.00 bits per heavy atom. The first-order valence-electron chi connectivity index (χ1n) is 10.6. The number of carbonyl (C=O) groups excluding carboxylic acids is 1. The van der Waals surface area contributed by atoms with Crippen molar-refractivity contribution < 1.29 is 19.0 Å². The highest BCUT2D eigenvalue weighted by molar-refractivity contribution is 6.31. The molecule has 0 saturated heterocycles. The second kappa shape index (κ2) is 9.87. The van der Waals surface area contributed by atoms with Crippen molar-refractivity contribution in [2.75, 3.05) is 0 Å². The Balaban J connectivity index is 1.57. The van der Waals surface area contributed by atoms with E-state index in [2.05, 4.69) is 5.10 Å². The number of halogens is 2. The van der Waals surface area contributed by atoms with Gasteiger partial charge < -0.3 is 14.2 Å². The fraction of sp³-hybridized carbons (Fsp3) is 0.192. The molecule has 4 rings (SSSR count). The molecule has 1 heterocycles. The van der Waals surface area contributed by atoms with Gasteiger partial charge in [-0.1, -0.05) is 41.4 Å². The second-order valence-corrected chi connectivity index (χ2v) is 9.53. The minimum atomic E-state index is -0.658. The van der Waals surface area contributed by atoms with Crippen molar-refractivity contribution in [2.24, 2.45) is 0 Å². The van der Waals surface area contributed by atoms with Gasteiger partial charge in [-0.05, 0) is 57.2 Å². The molecule has 0 aliphatic carbocycles. The highest BCUT2D eigenvalue weighted by Gasteiger charge is 2.22. The summed E-state index contributed by atoms with van der Waals surface area (Å²) in [5.74, 6) is 1.23. The molecule has 3 aromatic carbocycles. The van der Waals surface area contributed by atoms with Crippen molar-refractivity contribution in [1.82, 2.24) is 9.78 Å². The monoisotopic (exact) mass is 509 g/mol. The lowest BCUT2D eigenvalue weighted by Gasteiger charge is -2.19. The van der Waals surface area contributed by atoms with E-state index in [1.807, 2.05) is 24.3 Å². The molecule has 0 unspecified atom stereocenters. The summed E-state index contributed by atoms with van der Waals surface area (Å²) >= 11 is 12.3. The van der Waals surface area contributed by atoms with Gasteiger partial charge in [-0.3, -0.25) is 0 Å². The zero-order valence-corrected chi connectivity index (χ0v) is 20.7. The number of aromatic nitrogens is 2. The molecule has 35 heavy (non-hydrogen) atoms. The van der Waals surface area contributed by atoms with Crippen molar-refractivity contribution in [2.45, 2.75) is 33.0 Å². The second-order valence-electron chi connectivity index (χ2n) is 8.66. The molecular formula is C26H21Cl2N3O4. The third kappa shape index (κ3) is 6.04. The minimum absolute atomic E-state index is 0.0752. The van der Waals surface area contributed by atoms with Crippen LogP contribution in [0.1, 0.15) is 32.0 Å². The summed E-state index contributed by atoms with van der Waals surface area (Å²) in [6.07, 6.45) is -0.573. The number of hydrogen-bond donors (Lipinski definition) is 0. The van der Waals surface area contributed by atoms with Gasteiger partial charge >= 0.3 is 6.09 Å². The van der Waals surface area contributed by atoms with Crippen molar-refractivity contribution in [1.29, 1.82) is 5.26 Å². The topological polar surface area (TPSA) is 86.4 Å². The summed E-state index contributed by atoms with van der Waals surface area (Å²) in [5.41, 5.74) is 0.889. The third-order valence-corrected chi connectivity index (χ3v) is 5.12. The van der Waals surface area contributed by atoms with E-state index in [0.29, 0.717) is 44.1 Å². The summed E-state index contributed by atoms with van der Waals surface area (Å²) in [7, 11) is 0. The van der Waals surface area contributed by atoms with Crippen molar-refractivity contribution in [3.05, 3.63) is 82.0 Å². The van der Waals surface area contributed by atoms with Crippen LogP contribution in [0.3, 0.4) is 0 Å². The first-order valence-corrected chi connectivity index (χ1v) is 11.4. The number of nitriles is 1.